The highest BCUT2D eigenvalue weighted by molar-refractivity contribution is 6.33. The highest BCUT2D eigenvalue weighted by Crippen LogP contribution is 2.20. The van der Waals surface area contributed by atoms with Gasteiger partial charge in [0.1, 0.15) is 5.82 Å². The molecule has 0 spiro atoms. The fourth-order valence-electron chi connectivity index (χ4n) is 1.74. The Morgan fingerprint density at radius 2 is 2.24 bits per heavy atom. The number of pyridine rings is 1. The molecule has 0 radical (unpaired) electrons. The van der Waals surface area contributed by atoms with Gasteiger partial charge >= 0.3 is 0 Å². The SMILES string of the molecule is Nc1cnc(NCCN2CCOCC2)c(Cl)c1. The first-order valence-electron chi connectivity index (χ1n) is 5.71. The molecule has 3 N–H and O–H groups in total. The van der Waals surface area contributed by atoms with E-state index in [0.29, 0.717) is 16.5 Å². The minimum absolute atomic E-state index is 0.562. The molecule has 1 fully saturated rings. The summed E-state index contributed by atoms with van der Waals surface area (Å²) < 4.78 is 5.29. The number of hydrogen-bond acceptors (Lipinski definition) is 5. The van der Waals surface area contributed by atoms with Crippen molar-refractivity contribution >= 4 is 23.1 Å². The molecule has 0 aromatic carbocycles. The van der Waals surface area contributed by atoms with E-state index in [-0.39, 0.29) is 0 Å². The Bertz CT molecular complexity index is 368. The van der Waals surface area contributed by atoms with Gasteiger partial charge in [-0.15, -0.1) is 0 Å². The Hall–Kier alpha value is -1.04. The maximum Gasteiger partial charge on any atom is 0.144 e. The van der Waals surface area contributed by atoms with Crippen LogP contribution in [0.25, 0.3) is 0 Å². The zero-order chi connectivity index (χ0) is 12.1. The lowest BCUT2D eigenvalue weighted by atomic mass is 10.4. The largest absolute Gasteiger partial charge is 0.397 e. The summed E-state index contributed by atoms with van der Waals surface area (Å²) in [5.41, 5.74) is 6.15. The normalized spacial score (nSPS) is 17.0. The second-order valence-electron chi connectivity index (χ2n) is 3.98. The number of nitrogens with two attached hydrogens (primary N) is 1. The van der Waals surface area contributed by atoms with Crippen LogP contribution in [0.3, 0.4) is 0 Å². The minimum Gasteiger partial charge on any atom is -0.397 e. The predicted molar refractivity (Wildman–Crippen MR) is 69.4 cm³/mol. The van der Waals surface area contributed by atoms with Crippen molar-refractivity contribution in [3.63, 3.8) is 0 Å². The van der Waals surface area contributed by atoms with E-state index in [1.54, 1.807) is 12.3 Å². The standard InChI is InChI=1S/C11H17ClN4O/c12-10-7-9(13)8-15-11(10)14-1-2-16-3-5-17-6-4-16/h7-8H,1-6,13H2,(H,14,15). The van der Waals surface area contributed by atoms with Gasteiger partial charge in [-0.2, -0.15) is 0 Å². The molecule has 2 heterocycles. The van der Waals surface area contributed by atoms with Crippen molar-refractivity contribution < 1.29 is 4.74 Å². The first-order valence-corrected chi connectivity index (χ1v) is 6.08. The Morgan fingerprint density at radius 3 is 2.94 bits per heavy atom. The van der Waals surface area contributed by atoms with Gasteiger partial charge < -0.3 is 15.8 Å². The number of nitrogen functional groups attached to an aromatic ring is 1. The molecular formula is C11H17ClN4O. The first-order chi connectivity index (χ1) is 8.25. The van der Waals surface area contributed by atoms with Gasteiger partial charge in [0, 0.05) is 26.2 Å². The third-order valence-corrected chi connectivity index (χ3v) is 2.97. The predicted octanol–water partition coefficient (Wildman–Crippen LogP) is 1.06. The molecule has 2 rings (SSSR count). The Morgan fingerprint density at radius 1 is 1.47 bits per heavy atom. The molecule has 1 aromatic rings. The summed E-state index contributed by atoms with van der Waals surface area (Å²) in [4.78, 5) is 6.50. The monoisotopic (exact) mass is 256 g/mol. The molecule has 0 aliphatic carbocycles. The van der Waals surface area contributed by atoms with E-state index in [9.17, 15) is 0 Å². The lowest BCUT2D eigenvalue weighted by Crippen LogP contribution is -2.39. The van der Waals surface area contributed by atoms with E-state index in [0.717, 1.165) is 39.4 Å². The topological polar surface area (TPSA) is 63.4 Å². The lowest BCUT2D eigenvalue weighted by Gasteiger charge is -2.26. The third-order valence-electron chi connectivity index (χ3n) is 2.69. The number of ether oxygens (including phenoxy) is 1. The van der Waals surface area contributed by atoms with Crippen molar-refractivity contribution in [2.75, 3.05) is 50.4 Å². The molecule has 1 aliphatic heterocycles. The fourth-order valence-corrected chi connectivity index (χ4v) is 1.98. The van der Waals surface area contributed by atoms with Gasteiger partial charge in [-0.3, -0.25) is 4.90 Å². The van der Waals surface area contributed by atoms with Crippen LogP contribution in [0.15, 0.2) is 12.3 Å². The second-order valence-corrected chi connectivity index (χ2v) is 4.39. The fraction of sp³-hybridized carbons (Fsp3) is 0.545. The summed E-state index contributed by atoms with van der Waals surface area (Å²) in [7, 11) is 0. The molecule has 0 amide bonds. The molecule has 6 heteroatoms. The number of nitrogens with zero attached hydrogens (tertiary/aromatic N) is 2. The Labute approximate surface area is 106 Å². The maximum atomic E-state index is 6.01. The smallest absolute Gasteiger partial charge is 0.144 e. The number of morpholine rings is 1. The lowest BCUT2D eigenvalue weighted by molar-refractivity contribution is 0.0398. The molecule has 1 aliphatic rings. The molecule has 1 saturated heterocycles. The number of nitrogens with one attached hydrogen (secondary N) is 1. The molecule has 0 unspecified atom stereocenters. The van der Waals surface area contributed by atoms with Crippen molar-refractivity contribution in [2.24, 2.45) is 0 Å². The van der Waals surface area contributed by atoms with Gasteiger partial charge in [0.15, 0.2) is 0 Å². The van der Waals surface area contributed by atoms with E-state index < -0.39 is 0 Å². The van der Waals surface area contributed by atoms with Crippen LogP contribution in [-0.2, 0) is 4.74 Å². The number of anilines is 2. The van der Waals surface area contributed by atoms with Gasteiger partial charge in [-0.25, -0.2) is 4.98 Å². The molecule has 94 valence electrons. The molecule has 5 nitrogen and oxygen atoms in total. The van der Waals surface area contributed by atoms with E-state index in [1.165, 1.54) is 0 Å². The van der Waals surface area contributed by atoms with Gasteiger partial charge in [-0.05, 0) is 6.07 Å². The van der Waals surface area contributed by atoms with E-state index in [2.05, 4.69) is 15.2 Å². The summed E-state index contributed by atoms with van der Waals surface area (Å²) in [5, 5.41) is 3.77. The van der Waals surface area contributed by atoms with Crippen molar-refractivity contribution in [3.05, 3.63) is 17.3 Å². The van der Waals surface area contributed by atoms with Gasteiger partial charge in [0.25, 0.3) is 0 Å². The van der Waals surface area contributed by atoms with Crippen LogP contribution < -0.4 is 11.1 Å². The maximum absolute atomic E-state index is 6.01. The summed E-state index contributed by atoms with van der Waals surface area (Å²) in [6, 6.07) is 1.70. The van der Waals surface area contributed by atoms with E-state index >= 15 is 0 Å². The zero-order valence-electron chi connectivity index (χ0n) is 9.66. The zero-order valence-corrected chi connectivity index (χ0v) is 10.4. The van der Waals surface area contributed by atoms with Crippen molar-refractivity contribution in [1.82, 2.24) is 9.88 Å². The number of hydrogen-bond donors (Lipinski definition) is 2. The number of aromatic nitrogens is 1. The van der Waals surface area contributed by atoms with Crippen LogP contribution in [0.2, 0.25) is 5.02 Å². The van der Waals surface area contributed by atoms with E-state index in [4.69, 9.17) is 22.1 Å². The number of rotatable bonds is 4. The summed E-state index contributed by atoms with van der Waals surface area (Å²) in [6.45, 7) is 5.40. The van der Waals surface area contributed by atoms with Gasteiger partial charge in [-0.1, -0.05) is 11.6 Å². The van der Waals surface area contributed by atoms with Crippen molar-refractivity contribution in [2.45, 2.75) is 0 Å². The quantitative estimate of drug-likeness (QED) is 0.844. The summed E-state index contributed by atoms with van der Waals surface area (Å²) in [5.74, 6) is 0.689. The van der Waals surface area contributed by atoms with Crippen LogP contribution in [0.5, 0.6) is 0 Å². The Kier molecular flexibility index (Phi) is 4.42. The molecule has 1 aromatic heterocycles. The first kappa shape index (κ1) is 12.4. The molecule has 0 saturated carbocycles. The third kappa shape index (κ3) is 3.73. The average molecular weight is 257 g/mol. The van der Waals surface area contributed by atoms with Crippen LogP contribution in [0.4, 0.5) is 11.5 Å². The summed E-state index contributed by atoms with van der Waals surface area (Å²) >= 11 is 6.01. The summed E-state index contributed by atoms with van der Waals surface area (Å²) in [6.07, 6.45) is 1.60. The molecular weight excluding hydrogens is 240 g/mol. The van der Waals surface area contributed by atoms with Crippen LogP contribution in [0.1, 0.15) is 0 Å². The number of halogens is 1. The highest BCUT2D eigenvalue weighted by atomic mass is 35.5. The minimum atomic E-state index is 0.562. The van der Waals surface area contributed by atoms with Crippen molar-refractivity contribution in [1.29, 1.82) is 0 Å². The highest BCUT2D eigenvalue weighted by Gasteiger charge is 2.09. The Balaban J connectivity index is 1.77. The van der Waals surface area contributed by atoms with Crippen LogP contribution >= 0.6 is 11.6 Å². The van der Waals surface area contributed by atoms with Gasteiger partial charge in [0.05, 0.1) is 30.1 Å². The van der Waals surface area contributed by atoms with E-state index in [1.807, 2.05) is 0 Å². The van der Waals surface area contributed by atoms with Crippen molar-refractivity contribution in [3.8, 4) is 0 Å². The average Bonchev–Trinajstić information content (AvgIpc) is 2.33. The van der Waals surface area contributed by atoms with Crippen LogP contribution in [0, 0.1) is 0 Å². The van der Waals surface area contributed by atoms with Crippen LogP contribution in [-0.4, -0.2) is 49.3 Å². The molecule has 0 atom stereocenters. The van der Waals surface area contributed by atoms with Gasteiger partial charge in [0.2, 0.25) is 0 Å². The molecule has 17 heavy (non-hydrogen) atoms. The second kappa shape index (κ2) is 6.05. The molecule has 0 bridgehead atoms.